The van der Waals surface area contributed by atoms with Crippen LogP contribution in [0.25, 0.3) is 11.3 Å². The highest BCUT2D eigenvalue weighted by molar-refractivity contribution is 5.69. The number of likely N-dealkylation sites (tertiary alicyclic amines) is 1. The molecule has 1 unspecified atom stereocenters. The molecule has 1 fully saturated rings. The average molecular weight is 502 g/mol. The Bertz CT molecular complexity index is 1240. The number of rotatable bonds is 9. The molecule has 2 aliphatic heterocycles. The number of hydrogen-bond acceptors (Lipinski definition) is 6. The van der Waals surface area contributed by atoms with Gasteiger partial charge >= 0.3 is 5.97 Å². The van der Waals surface area contributed by atoms with Crippen molar-refractivity contribution in [2.45, 2.75) is 64.8 Å². The van der Waals surface area contributed by atoms with Crippen molar-refractivity contribution >= 4 is 11.8 Å². The van der Waals surface area contributed by atoms with Crippen molar-refractivity contribution in [3.05, 3.63) is 64.7 Å². The second-order valence-corrected chi connectivity index (χ2v) is 10.6. The van der Waals surface area contributed by atoms with Crippen molar-refractivity contribution in [1.82, 2.24) is 19.9 Å². The summed E-state index contributed by atoms with van der Waals surface area (Å²) in [6.07, 6.45) is 6.81. The number of carbonyl (C=O) groups excluding carboxylic acids is 1. The molecule has 37 heavy (non-hydrogen) atoms. The first-order chi connectivity index (χ1) is 18.0. The van der Waals surface area contributed by atoms with Crippen molar-refractivity contribution < 1.29 is 9.53 Å². The second-order valence-electron chi connectivity index (χ2n) is 10.6. The smallest absolute Gasteiger partial charge is 0.305 e. The number of methoxy groups -OCH3 is 1. The molecule has 0 saturated carbocycles. The molecule has 5 rings (SSSR count). The highest BCUT2D eigenvalue weighted by Crippen LogP contribution is 2.35. The van der Waals surface area contributed by atoms with Crippen molar-refractivity contribution in [2.75, 3.05) is 32.1 Å². The number of carbonyl (C=O) groups is 1. The Hall–Kier alpha value is -3.19. The number of benzene rings is 1. The lowest BCUT2D eigenvalue weighted by molar-refractivity contribution is -0.141. The summed E-state index contributed by atoms with van der Waals surface area (Å²) >= 11 is 0. The lowest BCUT2D eigenvalue weighted by Crippen LogP contribution is -2.27. The minimum atomic E-state index is -0.149. The normalized spacial score (nSPS) is 18.3. The first kappa shape index (κ1) is 25.5. The third kappa shape index (κ3) is 6.04. The van der Waals surface area contributed by atoms with E-state index in [0.717, 1.165) is 73.9 Å². The molecule has 7 nitrogen and oxygen atoms in total. The first-order valence-electron chi connectivity index (χ1n) is 13.7. The molecule has 2 N–H and O–H groups in total. The van der Waals surface area contributed by atoms with Crippen LogP contribution in [0.4, 0.5) is 5.82 Å². The summed E-state index contributed by atoms with van der Waals surface area (Å²) < 4.78 is 4.98. The number of aromatic nitrogens is 3. The lowest BCUT2D eigenvalue weighted by atomic mass is 9.96. The van der Waals surface area contributed by atoms with E-state index >= 15 is 0 Å². The third-order valence-corrected chi connectivity index (χ3v) is 7.93. The van der Waals surface area contributed by atoms with Crippen molar-refractivity contribution in [3.8, 4) is 11.3 Å². The Morgan fingerprint density at radius 3 is 2.92 bits per heavy atom. The average Bonchev–Trinajstić information content (AvgIpc) is 3.53. The fraction of sp³-hybridized carbons (Fsp3) is 0.500. The first-order valence-corrected chi connectivity index (χ1v) is 13.7. The zero-order valence-corrected chi connectivity index (χ0v) is 22.3. The van der Waals surface area contributed by atoms with Gasteiger partial charge in [-0.15, -0.1) is 0 Å². The third-order valence-electron chi connectivity index (χ3n) is 7.93. The molecule has 2 aliphatic rings. The molecule has 0 amide bonds. The Kier molecular flexibility index (Phi) is 7.89. The predicted octanol–water partition coefficient (Wildman–Crippen LogP) is 5.40. The van der Waals surface area contributed by atoms with E-state index in [0.29, 0.717) is 12.3 Å². The molecule has 196 valence electrons. The number of fused-ring (bicyclic) bond motifs is 1. The number of imidazole rings is 1. The van der Waals surface area contributed by atoms with E-state index in [2.05, 4.69) is 56.6 Å². The Balaban J connectivity index is 1.28. The second kappa shape index (κ2) is 11.5. The van der Waals surface area contributed by atoms with E-state index in [1.54, 1.807) is 0 Å². The van der Waals surface area contributed by atoms with Gasteiger partial charge in [0.1, 0.15) is 11.6 Å². The van der Waals surface area contributed by atoms with Gasteiger partial charge in [-0.1, -0.05) is 24.3 Å². The summed E-state index contributed by atoms with van der Waals surface area (Å²) in [6, 6.07) is 13.4. The molecular weight excluding hydrogens is 462 g/mol. The molecule has 0 bridgehead atoms. The summed E-state index contributed by atoms with van der Waals surface area (Å²) in [5.41, 5.74) is 6.99. The fourth-order valence-corrected chi connectivity index (χ4v) is 5.95. The zero-order chi connectivity index (χ0) is 25.8. The van der Waals surface area contributed by atoms with Crippen LogP contribution in [-0.2, 0) is 22.4 Å². The molecule has 0 spiro atoms. The molecule has 0 aliphatic carbocycles. The van der Waals surface area contributed by atoms with Crippen LogP contribution in [0, 0.1) is 19.8 Å². The maximum atomic E-state index is 12.1. The zero-order valence-electron chi connectivity index (χ0n) is 22.3. The van der Waals surface area contributed by atoms with Crippen LogP contribution in [0.15, 0.2) is 36.4 Å². The van der Waals surface area contributed by atoms with Crippen LogP contribution in [0.3, 0.4) is 0 Å². The number of aromatic amines is 1. The summed E-state index contributed by atoms with van der Waals surface area (Å²) in [6.45, 7) is 7.14. The Labute approximate surface area is 220 Å². The van der Waals surface area contributed by atoms with Crippen molar-refractivity contribution in [2.24, 2.45) is 5.92 Å². The van der Waals surface area contributed by atoms with E-state index < -0.39 is 0 Å². The number of hydrogen-bond donors (Lipinski definition) is 2. The molecule has 7 heteroatoms. The van der Waals surface area contributed by atoms with Gasteiger partial charge in [0.05, 0.1) is 18.5 Å². The lowest BCUT2D eigenvalue weighted by Gasteiger charge is -2.29. The molecule has 0 radical (unpaired) electrons. The molecular formula is C30H39N5O2. The molecule has 2 atom stereocenters. The largest absolute Gasteiger partial charge is 0.469 e. The van der Waals surface area contributed by atoms with Gasteiger partial charge < -0.3 is 15.0 Å². The number of nitrogens with one attached hydrogen (secondary N) is 2. The highest BCUT2D eigenvalue weighted by Gasteiger charge is 2.30. The van der Waals surface area contributed by atoms with Gasteiger partial charge in [0.2, 0.25) is 0 Å². The molecule has 2 aromatic heterocycles. The van der Waals surface area contributed by atoms with Crippen LogP contribution >= 0.6 is 0 Å². The minimum absolute atomic E-state index is 0.149. The Morgan fingerprint density at radius 1 is 1.22 bits per heavy atom. The number of aryl methyl sites for hydroxylation is 4. The number of nitrogens with zero attached hydrogens (tertiary/aromatic N) is 3. The number of esters is 1. The SMILES string of the molecule is COC(=O)CCC(c1cccc(-c2[nH]c(C)nc2C)c1)N1CC[C@@H](CCc2ccc3c(n2)NCCC3)C1. The van der Waals surface area contributed by atoms with Gasteiger partial charge in [-0.2, -0.15) is 0 Å². The molecule has 1 saturated heterocycles. The van der Waals surface area contributed by atoms with Crippen LogP contribution in [0.2, 0.25) is 0 Å². The quantitative estimate of drug-likeness (QED) is 0.382. The van der Waals surface area contributed by atoms with Gasteiger partial charge in [-0.05, 0) is 88.1 Å². The van der Waals surface area contributed by atoms with E-state index in [4.69, 9.17) is 9.72 Å². The minimum Gasteiger partial charge on any atom is -0.469 e. The number of anilines is 1. The maximum absolute atomic E-state index is 12.1. The van der Waals surface area contributed by atoms with Crippen LogP contribution < -0.4 is 5.32 Å². The van der Waals surface area contributed by atoms with E-state index in [9.17, 15) is 4.79 Å². The van der Waals surface area contributed by atoms with Crippen molar-refractivity contribution in [3.63, 3.8) is 0 Å². The number of H-pyrrole nitrogens is 1. The van der Waals surface area contributed by atoms with Gasteiger partial charge in [-0.25, -0.2) is 9.97 Å². The number of ether oxygens (including phenoxy) is 1. The number of pyridine rings is 1. The van der Waals surface area contributed by atoms with Gasteiger partial charge in [0, 0.05) is 36.8 Å². The van der Waals surface area contributed by atoms with Gasteiger partial charge in [0.25, 0.3) is 0 Å². The van der Waals surface area contributed by atoms with E-state index in [-0.39, 0.29) is 12.0 Å². The summed E-state index contributed by atoms with van der Waals surface area (Å²) in [5, 5.41) is 3.46. The van der Waals surface area contributed by atoms with Crippen LogP contribution in [0.5, 0.6) is 0 Å². The predicted molar refractivity (Wildman–Crippen MR) is 147 cm³/mol. The summed E-state index contributed by atoms with van der Waals surface area (Å²) in [4.78, 5) is 27.5. The van der Waals surface area contributed by atoms with Crippen LogP contribution in [0.1, 0.15) is 66.5 Å². The standard InChI is InChI=1S/C30H39N5O2/c1-20-29(33-21(2)32-20)25-7-4-6-24(18-25)27(13-14-28(36)37-3)35-17-15-22(19-35)9-11-26-12-10-23-8-5-16-31-30(23)34-26/h4,6-7,10,12,18,22,27H,5,8-9,11,13-17,19H2,1-3H3,(H,31,34)(H,32,33)/t22-,27?/m1/s1. The molecule has 1 aromatic carbocycles. The van der Waals surface area contributed by atoms with E-state index in [1.807, 2.05) is 13.8 Å². The Morgan fingerprint density at radius 2 is 2.11 bits per heavy atom. The molecule has 4 heterocycles. The van der Waals surface area contributed by atoms with Gasteiger partial charge in [0.15, 0.2) is 0 Å². The van der Waals surface area contributed by atoms with E-state index in [1.165, 1.54) is 36.8 Å². The van der Waals surface area contributed by atoms with Crippen LogP contribution in [-0.4, -0.2) is 52.6 Å². The summed E-state index contributed by atoms with van der Waals surface area (Å²) in [5.74, 6) is 2.49. The highest BCUT2D eigenvalue weighted by atomic mass is 16.5. The van der Waals surface area contributed by atoms with Gasteiger partial charge in [-0.3, -0.25) is 9.69 Å². The monoisotopic (exact) mass is 501 g/mol. The topological polar surface area (TPSA) is 83.1 Å². The maximum Gasteiger partial charge on any atom is 0.305 e. The van der Waals surface area contributed by atoms with Crippen molar-refractivity contribution in [1.29, 1.82) is 0 Å². The molecule has 3 aromatic rings. The summed E-state index contributed by atoms with van der Waals surface area (Å²) in [7, 11) is 1.47. The fourth-order valence-electron chi connectivity index (χ4n) is 5.95.